The predicted octanol–water partition coefficient (Wildman–Crippen LogP) is 25.9. The minimum atomic E-state index is 0.244. The van der Waals surface area contributed by atoms with Crippen LogP contribution in [0.4, 0.5) is 56.9 Å². The lowest BCUT2D eigenvalue weighted by atomic mass is 10.0. The molecule has 0 heterocycles. The van der Waals surface area contributed by atoms with Crippen LogP contribution in [0.1, 0.15) is 70.8 Å². The van der Waals surface area contributed by atoms with Gasteiger partial charge in [0, 0.05) is 63.3 Å². The van der Waals surface area contributed by atoms with Crippen LogP contribution in [0.3, 0.4) is 0 Å². The minimum Gasteiger partial charge on any atom is -0.508 e. The van der Waals surface area contributed by atoms with Gasteiger partial charge in [0.05, 0.1) is 99.4 Å². The van der Waals surface area contributed by atoms with Crippen molar-refractivity contribution in [1.82, 2.24) is 0 Å². The van der Waals surface area contributed by atoms with E-state index in [1.807, 2.05) is 321 Å². The van der Waals surface area contributed by atoms with Gasteiger partial charge in [0.1, 0.15) is 46.0 Å². The molecule has 18 nitrogen and oxygen atoms in total. The van der Waals surface area contributed by atoms with E-state index >= 15 is 0 Å². The molecular formula is C105H102N10O8. The quantitative estimate of drug-likeness (QED) is 0.0336. The third-order valence-electron chi connectivity index (χ3n) is 18.1. The Hall–Kier alpha value is -15.4. The van der Waals surface area contributed by atoms with Gasteiger partial charge in [-0.3, -0.25) is 34.9 Å². The van der Waals surface area contributed by atoms with Crippen molar-refractivity contribution in [3.8, 4) is 46.0 Å². The van der Waals surface area contributed by atoms with Gasteiger partial charge in [0.15, 0.2) is 0 Å². The van der Waals surface area contributed by atoms with Gasteiger partial charge in [0.25, 0.3) is 0 Å². The normalized spacial score (nSPS) is 11.1. The minimum absolute atomic E-state index is 0.244. The van der Waals surface area contributed by atoms with Gasteiger partial charge in [-0.15, -0.1) is 0 Å². The first kappa shape index (κ1) is 89.9. The van der Waals surface area contributed by atoms with Crippen molar-refractivity contribution in [3.05, 3.63) is 396 Å². The number of azo groups is 1. The smallest absolute Gasteiger partial charge is 0.119 e. The van der Waals surface area contributed by atoms with Gasteiger partial charge < -0.3 is 43.2 Å². The lowest BCUT2D eigenvalue weighted by Gasteiger charge is -2.11. The molecule has 0 bridgehead atoms. The van der Waals surface area contributed by atoms with Gasteiger partial charge in [0.2, 0.25) is 0 Å². The van der Waals surface area contributed by atoms with Crippen molar-refractivity contribution >= 4 is 100 Å². The van der Waals surface area contributed by atoms with E-state index in [9.17, 15) is 0 Å². The number of aliphatic imine (C=N–C) groups is 7. The average Bonchev–Trinajstić information content (AvgIpc) is 0.882. The first-order valence-corrected chi connectivity index (χ1v) is 40.2. The van der Waals surface area contributed by atoms with Crippen molar-refractivity contribution < 1.29 is 38.3 Å². The van der Waals surface area contributed by atoms with E-state index in [-0.39, 0.29) is 5.75 Å². The molecular weight excluding hydrogens is 1530 g/mol. The summed E-state index contributed by atoms with van der Waals surface area (Å²) in [6.45, 7) is 7.93. The molecule has 123 heavy (non-hydrogen) atoms. The van der Waals surface area contributed by atoms with E-state index in [4.69, 9.17) is 38.3 Å². The van der Waals surface area contributed by atoms with Crippen LogP contribution in [0, 0.1) is 0 Å². The molecule has 620 valence electrons. The average molecular weight is 1630 g/mol. The predicted molar refractivity (Wildman–Crippen MR) is 508 cm³/mol. The third-order valence-corrected chi connectivity index (χ3v) is 18.1. The molecule has 0 aliphatic carbocycles. The summed E-state index contributed by atoms with van der Waals surface area (Å²) in [6, 6.07) is 112. The highest BCUT2D eigenvalue weighted by molar-refractivity contribution is 5.88. The number of phenols is 1. The van der Waals surface area contributed by atoms with Crippen LogP contribution in [0.5, 0.6) is 46.0 Å². The van der Waals surface area contributed by atoms with Gasteiger partial charge >= 0.3 is 0 Å². The zero-order valence-electron chi connectivity index (χ0n) is 70.8. The topological polar surface area (TPSA) is 199 Å². The number of benzene rings is 14. The number of anilines is 1. The van der Waals surface area contributed by atoms with Crippen molar-refractivity contribution in [2.45, 2.75) is 33.6 Å². The lowest BCUT2D eigenvalue weighted by molar-refractivity contribution is 0.340. The summed E-state index contributed by atoms with van der Waals surface area (Å²) in [5.41, 5.74) is 18.9. The molecule has 1 N–H and O–H groups in total. The summed E-state index contributed by atoms with van der Waals surface area (Å²) in [5.74, 6) is 6.19. The number of nitrogens with zero attached hydrogens (tertiary/aromatic N) is 10. The van der Waals surface area contributed by atoms with Crippen LogP contribution >= 0.6 is 0 Å². The maximum absolute atomic E-state index is 9.13. The number of phenolic OH excluding ortho intramolecular Hbond substituents is 1. The first-order valence-electron chi connectivity index (χ1n) is 40.2. The van der Waals surface area contributed by atoms with Crippen LogP contribution in [0.15, 0.2) is 391 Å². The molecule has 0 aliphatic heterocycles. The Morgan fingerprint density at radius 2 is 0.439 bits per heavy atom. The molecule has 14 rings (SSSR count). The summed E-state index contributed by atoms with van der Waals surface area (Å²) in [7, 11) is 10.7. The molecule has 0 unspecified atom stereocenters. The Morgan fingerprint density at radius 1 is 0.236 bits per heavy atom. The van der Waals surface area contributed by atoms with Crippen molar-refractivity contribution in [3.63, 3.8) is 0 Å². The second-order valence-electron chi connectivity index (χ2n) is 27.2. The number of methoxy groups -OCH3 is 4. The Morgan fingerprint density at radius 3 is 0.683 bits per heavy atom. The lowest BCUT2D eigenvalue weighted by Crippen LogP contribution is -2.08. The second-order valence-corrected chi connectivity index (χ2v) is 27.2. The summed E-state index contributed by atoms with van der Waals surface area (Å²) in [5, 5.41) is 17.5. The Kier molecular flexibility index (Phi) is 36.8. The summed E-state index contributed by atoms with van der Waals surface area (Å²) in [6.07, 6.45) is 14.9. The molecule has 14 aromatic rings. The van der Waals surface area contributed by atoms with E-state index in [1.54, 1.807) is 58.9 Å². The number of ether oxygens (including phenoxy) is 7. The fourth-order valence-electron chi connectivity index (χ4n) is 11.3. The standard InChI is InChI=1S/C30H28N2O2.C24H24N2O2.C20H17N3O.C17H20N2O.C14H13NO2/c1-33-29-17-9-25(10-18-29)21-31-27-13-5-23(6-14-27)3-4-24-7-15-28(16-8-24)32-22-26-11-19-30(34-2)20-12-26;1-3-27-23-13-9-21(10-14-23)25-17-19-5-7-20(8-6-19)18-26-22-11-15-24(16-12-22)28-4-2;1-24-20-13-7-16(8-14-20)15-21-17-9-11-19(12-10-17)23-22-18-5-3-2-4-6-18;1-4-20-17-11-7-15(8-12-17)18-13-14-5-9-16(10-6-14)19(2)3;1-17-14-8-2-11(3-9-14)10-15-12-4-6-13(16)7-5-12/h5-22H,3-4H2,1-2H3;5-18H,3-4H2,1-2H3;2-15H,1H3;5-13H,4H2,1-3H3;2-10,16H,1H3. The molecule has 0 fully saturated rings. The molecule has 14 aromatic carbocycles. The molecule has 0 spiro atoms. The van der Waals surface area contributed by atoms with E-state index in [0.717, 1.165) is 143 Å². The Bertz CT molecular complexity index is 5460. The molecule has 0 saturated heterocycles. The number of hydrogen-bond donors (Lipinski definition) is 1. The highest BCUT2D eigenvalue weighted by Crippen LogP contribution is 2.27. The van der Waals surface area contributed by atoms with Gasteiger partial charge in [-0.25, -0.2) is 0 Å². The molecule has 18 heteroatoms. The van der Waals surface area contributed by atoms with Crippen molar-refractivity contribution in [2.24, 2.45) is 45.2 Å². The van der Waals surface area contributed by atoms with Crippen LogP contribution < -0.4 is 38.1 Å². The van der Waals surface area contributed by atoms with Crippen LogP contribution in [0.2, 0.25) is 0 Å². The number of rotatable bonds is 30. The fraction of sp³-hybridized carbons (Fsp3) is 0.133. The molecule has 0 amide bonds. The molecule has 0 radical (unpaired) electrons. The largest absolute Gasteiger partial charge is 0.508 e. The number of aromatic hydroxyl groups is 1. The molecule has 0 atom stereocenters. The molecule has 0 aromatic heterocycles. The highest BCUT2D eigenvalue weighted by atomic mass is 16.5. The fourth-order valence-corrected chi connectivity index (χ4v) is 11.3. The van der Waals surface area contributed by atoms with E-state index in [1.165, 1.54) is 16.8 Å². The summed E-state index contributed by atoms with van der Waals surface area (Å²) in [4.78, 5) is 33.4. The Balaban J connectivity index is 0.000000164. The van der Waals surface area contributed by atoms with Gasteiger partial charge in [-0.2, -0.15) is 10.2 Å². The highest BCUT2D eigenvalue weighted by Gasteiger charge is 2.04. The number of hydrogen-bond acceptors (Lipinski definition) is 18. The van der Waals surface area contributed by atoms with E-state index in [2.05, 4.69) is 123 Å². The third kappa shape index (κ3) is 32.8. The summed E-state index contributed by atoms with van der Waals surface area (Å²) < 4.78 is 36.9. The molecule has 0 aliphatic rings. The van der Waals surface area contributed by atoms with Gasteiger partial charge in [-0.1, -0.05) is 78.9 Å². The maximum atomic E-state index is 9.13. The zero-order valence-corrected chi connectivity index (χ0v) is 70.8. The summed E-state index contributed by atoms with van der Waals surface area (Å²) >= 11 is 0. The SMILES string of the molecule is CCOc1ccc(N=Cc2ccc(C=Nc3ccc(OCC)cc3)cc2)cc1.CCOc1ccc(N=Cc2ccc(N(C)C)cc2)cc1.COc1ccc(C=Nc2ccc(CCc3ccc(N=Cc4ccc(OC)cc4)cc3)cc2)cc1.COc1ccc(C=Nc2ccc(N=Nc3ccccc3)cc2)cc1.COc1ccc(C=Nc2ccc(O)cc2)cc1. The number of aryl methyl sites for hydroxylation is 2. The van der Waals surface area contributed by atoms with Crippen LogP contribution in [-0.2, 0) is 12.8 Å². The Labute approximate surface area is 722 Å². The zero-order chi connectivity index (χ0) is 86.3. The maximum Gasteiger partial charge on any atom is 0.119 e. The van der Waals surface area contributed by atoms with Crippen LogP contribution in [0.25, 0.3) is 0 Å². The van der Waals surface area contributed by atoms with Crippen molar-refractivity contribution in [1.29, 1.82) is 0 Å². The van der Waals surface area contributed by atoms with E-state index < -0.39 is 0 Å². The first-order chi connectivity index (χ1) is 60.3. The van der Waals surface area contributed by atoms with E-state index in [0.29, 0.717) is 19.8 Å². The monoisotopic (exact) mass is 1630 g/mol. The van der Waals surface area contributed by atoms with Crippen molar-refractivity contribution in [2.75, 3.05) is 67.3 Å². The van der Waals surface area contributed by atoms with Crippen LogP contribution in [-0.4, -0.2) is 111 Å². The molecule has 0 saturated carbocycles. The van der Waals surface area contributed by atoms with Gasteiger partial charge in [-0.05, 0) is 351 Å². The second kappa shape index (κ2) is 50.4.